The van der Waals surface area contributed by atoms with Crippen LogP contribution >= 0.6 is 19.2 Å². The third-order valence-electron chi connectivity index (χ3n) is 2.10. The molecule has 0 heterocycles. The van der Waals surface area contributed by atoms with E-state index in [2.05, 4.69) is 38.2 Å². The standard InChI is InChI=1S/C8H12ClP/c1-7-5-3-4-6-8(7,2)10-9/h3-7,10H,1-2H3. The van der Waals surface area contributed by atoms with Gasteiger partial charge < -0.3 is 0 Å². The number of rotatable bonds is 1. The molecule has 0 bridgehead atoms. The van der Waals surface area contributed by atoms with Gasteiger partial charge in [-0.25, -0.2) is 0 Å². The summed E-state index contributed by atoms with van der Waals surface area (Å²) in [4.78, 5) is 0. The third kappa shape index (κ3) is 1.44. The van der Waals surface area contributed by atoms with E-state index in [1.165, 1.54) is 0 Å². The van der Waals surface area contributed by atoms with E-state index in [-0.39, 0.29) is 5.16 Å². The fourth-order valence-electron chi connectivity index (χ4n) is 0.955. The van der Waals surface area contributed by atoms with E-state index < -0.39 is 0 Å². The summed E-state index contributed by atoms with van der Waals surface area (Å²) in [6.07, 6.45) is 8.57. The van der Waals surface area contributed by atoms with Crippen LogP contribution in [0.2, 0.25) is 0 Å². The SMILES string of the molecule is CC1C=CC=CC1(C)PCl. The second-order valence-electron chi connectivity index (χ2n) is 2.91. The highest BCUT2D eigenvalue weighted by Crippen LogP contribution is 2.44. The molecule has 0 aliphatic heterocycles. The summed E-state index contributed by atoms with van der Waals surface area (Å²) in [5.74, 6) is 0.577. The first-order valence-corrected chi connectivity index (χ1v) is 5.44. The van der Waals surface area contributed by atoms with E-state index in [1.54, 1.807) is 0 Å². The molecule has 56 valence electrons. The van der Waals surface area contributed by atoms with Gasteiger partial charge in [-0.1, -0.05) is 49.4 Å². The van der Waals surface area contributed by atoms with E-state index in [0.717, 1.165) is 0 Å². The molecule has 2 heteroatoms. The van der Waals surface area contributed by atoms with Crippen molar-refractivity contribution in [1.82, 2.24) is 0 Å². The summed E-state index contributed by atoms with van der Waals surface area (Å²) in [7, 11) is 0.474. The Hall–Kier alpha value is 0.200. The van der Waals surface area contributed by atoms with Crippen LogP contribution < -0.4 is 0 Å². The normalized spacial score (nSPS) is 39.7. The number of hydrogen-bond donors (Lipinski definition) is 0. The van der Waals surface area contributed by atoms with Crippen LogP contribution in [0.1, 0.15) is 13.8 Å². The van der Waals surface area contributed by atoms with Crippen LogP contribution in [0, 0.1) is 5.92 Å². The Morgan fingerprint density at radius 3 is 2.60 bits per heavy atom. The second kappa shape index (κ2) is 3.07. The summed E-state index contributed by atoms with van der Waals surface area (Å²) in [6, 6.07) is 0. The first-order chi connectivity index (χ1) is 4.69. The maximum atomic E-state index is 5.86. The Kier molecular flexibility index (Phi) is 2.55. The first-order valence-electron chi connectivity index (χ1n) is 3.43. The lowest BCUT2D eigenvalue weighted by Gasteiger charge is -2.30. The zero-order valence-corrected chi connectivity index (χ0v) is 8.02. The number of halogens is 1. The Balaban J connectivity index is 2.77. The Morgan fingerprint density at radius 1 is 1.50 bits per heavy atom. The molecule has 0 fully saturated rings. The highest BCUT2D eigenvalue weighted by atomic mass is 35.7. The van der Waals surface area contributed by atoms with Gasteiger partial charge in [0.05, 0.1) is 0 Å². The third-order valence-corrected chi connectivity index (χ3v) is 4.35. The fraction of sp³-hybridized carbons (Fsp3) is 0.500. The van der Waals surface area contributed by atoms with Crippen LogP contribution in [0.15, 0.2) is 24.3 Å². The van der Waals surface area contributed by atoms with Crippen molar-refractivity contribution in [3.8, 4) is 0 Å². The van der Waals surface area contributed by atoms with Crippen molar-refractivity contribution in [1.29, 1.82) is 0 Å². The molecule has 1 aliphatic carbocycles. The van der Waals surface area contributed by atoms with E-state index in [0.29, 0.717) is 13.9 Å². The van der Waals surface area contributed by atoms with Crippen LogP contribution in [-0.2, 0) is 0 Å². The Bertz CT molecular complexity index is 174. The van der Waals surface area contributed by atoms with Gasteiger partial charge in [0.25, 0.3) is 0 Å². The molecule has 0 aromatic carbocycles. The zero-order chi connectivity index (χ0) is 7.61. The molecular weight excluding hydrogens is 163 g/mol. The van der Waals surface area contributed by atoms with Gasteiger partial charge in [0.15, 0.2) is 0 Å². The van der Waals surface area contributed by atoms with Crippen LogP contribution in [0.25, 0.3) is 0 Å². The quantitative estimate of drug-likeness (QED) is 0.535. The molecule has 3 unspecified atom stereocenters. The molecule has 0 saturated heterocycles. The molecule has 0 radical (unpaired) electrons. The van der Waals surface area contributed by atoms with Gasteiger partial charge in [0.2, 0.25) is 0 Å². The number of hydrogen-bond acceptors (Lipinski definition) is 0. The topological polar surface area (TPSA) is 0 Å². The molecule has 0 saturated carbocycles. The minimum Gasteiger partial charge on any atom is -0.0992 e. The lowest BCUT2D eigenvalue weighted by molar-refractivity contribution is 0.598. The summed E-state index contributed by atoms with van der Waals surface area (Å²) in [6.45, 7) is 4.40. The molecule has 0 aromatic heterocycles. The maximum Gasteiger partial charge on any atom is 0.0230 e. The van der Waals surface area contributed by atoms with Crippen molar-refractivity contribution in [2.45, 2.75) is 19.0 Å². The van der Waals surface area contributed by atoms with Crippen molar-refractivity contribution < 1.29 is 0 Å². The molecule has 0 nitrogen and oxygen atoms in total. The molecule has 0 spiro atoms. The van der Waals surface area contributed by atoms with Crippen molar-refractivity contribution in [2.75, 3.05) is 0 Å². The molecule has 0 aromatic rings. The molecule has 3 atom stereocenters. The lowest BCUT2D eigenvalue weighted by Crippen LogP contribution is -2.23. The van der Waals surface area contributed by atoms with Gasteiger partial charge in [-0.3, -0.25) is 0 Å². The molecule has 0 N–H and O–H groups in total. The Morgan fingerprint density at radius 2 is 2.20 bits per heavy atom. The fourth-order valence-corrected chi connectivity index (χ4v) is 2.09. The molecule has 1 rings (SSSR count). The smallest absolute Gasteiger partial charge is 0.0230 e. The van der Waals surface area contributed by atoms with Crippen molar-refractivity contribution >= 4 is 19.2 Å². The predicted molar refractivity (Wildman–Crippen MR) is 50.0 cm³/mol. The van der Waals surface area contributed by atoms with E-state index in [9.17, 15) is 0 Å². The second-order valence-corrected chi connectivity index (χ2v) is 4.74. The average Bonchev–Trinajstić information content (AvgIpc) is 1.96. The summed E-state index contributed by atoms with van der Waals surface area (Å²) in [5.41, 5.74) is 0. The van der Waals surface area contributed by atoms with Crippen LogP contribution in [0.4, 0.5) is 0 Å². The van der Waals surface area contributed by atoms with Crippen LogP contribution in [-0.4, -0.2) is 5.16 Å². The van der Waals surface area contributed by atoms with Gasteiger partial charge in [-0.2, -0.15) is 0 Å². The predicted octanol–water partition coefficient (Wildman–Crippen LogP) is 3.34. The molecule has 0 amide bonds. The largest absolute Gasteiger partial charge is 0.0992 e. The monoisotopic (exact) mass is 174 g/mol. The van der Waals surface area contributed by atoms with Gasteiger partial charge in [-0.05, 0) is 13.9 Å². The minimum atomic E-state index is 0.205. The summed E-state index contributed by atoms with van der Waals surface area (Å²) < 4.78 is 0. The highest BCUT2D eigenvalue weighted by Gasteiger charge is 2.26. The van der Waals surface area contributed by atoms with Gasteiger partial charge in [0, 0.05) is 5.16 Å². The number of allylic oxidation sites excluding steroid dienone is 4. The lowest BCUT2D eigenvalue weighted by atomic mass is 9.91. The highest BCUT2D eigenvalue weighted by molar-refractivity contribution is 7.70. The van der Waals surface area contributed by atoms with Gasteiger partial charge >= 0.3 is 0 Å². The van der Waals surface area contributed by atoms with Crippen molar-refractivity contribution in [3.05, 3.63) is 24.3 Å². The minimum absolute atomic E-state index is 0.205. The van der Waals surface area contributed by atoms with E-state index in [1.807, 2.05) is 0 Å². The van der Waals surface area contributed by atoms with Gasteiger partial charge in [-0.15, -0.1) is 0 Å². The first kappa shape index (κ1) is 8.30. The van der Waals surface area contributed by atoms with Crippen LogP contribution in [0.3, 0.4) is 0 Å². The Labute approximate surface area is 68.9 Å². The summed E-state index contributed by atoms with van der Waals surface area (Å²) >= 11 is 5.86. The van der Waals surface area contributed by atoms with Crippen molar-refractivity contribution in [2.24, 2.45) is 5.92 Å². The average molecular weight is 175 g/mol. The zero-order valence-electron chi connectivity index (χ0n) is 6.26. The summed E-state index contributed by atoms with van der Waals surface area (Å²) in [5, 5.41) is 0.205. The van der Waals surface area contributed by atoms with Crippen molar-refractivity contribution in [3.63, 3.8) is 0 Å². The van der Waals surface area contributed by atoms with E-state index >= 15 is 0 Å². The van der Waals surface area contributed by atoms with E-state index in [4.69, 9.17) is 11.2 Å². The molecular formula is C8H12ClP. The van der Waals surface area contributed by atoms with Crippen LogP contribution in [0.5, 0.6) is 0 Å². The maximum absolute atomic E-state index is 5.86. The molecule has 10 heavy (non-hydrogen) atoms. The molecule has 1 aliphatic rings. The van der Waals surface area contributed by atoms with Gasteiger partial charge in [0.1, 0.15) is 0 Å².